The summed E-state index contributed by atoms with van der Waals surface area (Å²) in [7, 11) is 4.69. The Morgan fingerprint density at radius 3 is 2.41 bits per heavy atom. The fourth-order valence-electron chi connectivity index (χ4n) is 4.18. The van der Waals surface area contributed by atoms with Crippen LogP contribution in [-0.4, -0.2) is 65.1 Å². The van der Waals surface area contributed by atoms with Crippen molar-refractivity contribution in [1.29, 1.82) is 0 Å². The molecule has 0 aromatic heterocycles. The van der Waals surface area contributed by atoms with Gasteiger partial charge in [0.15, 0.2) is 17.3 Å². The van der Waals surface area contributed by atoms with Gasteiger partial charge in [0.2, 0.25) is 5.75 Å². The Hall–Kier alpha value is -3.10. The summed E-state index contributed by atoms with van der Waals surface area (Å²) in [5, 5.41) is 0. The fraction of sp³-hybridized carbons (Fsp3) is 0.462. The first-order valence-corrected chi connectivity index (χ1v) is 11.3. The second-order valence-electron chi connectivity index (χ2n) is 8.42. The number of fused-ring (bicyclic) bond motifs is 1. The van der Waals surface area contributed by atoms with Crippen molar-refractivity contribution >= 4 is 11.8 Å². The molecule has 0 atom stereocenters. The summed E-state index contributed by atoms with van der Waals surface area (Å²) >= 11 is 0. The predicted octanol–water partition coefficient (Wildman–Crippen LogP) is 3.62. The smallest absolute Gasteiger partial charge is 0.332 e. The molecule has 0 heterocycles. The van der Waals surface area contributed by atoms with E-state index in [2.05, 4.69) is 0 Å². The Morgan fingerprint density at radius 2 is 1.71 bits per heavy atom. The minimum atomic E-state index is -0.693. The molecule has 2 aliphatic carbocycles. The quantitative estimate of drug-likeness (QED) is 0.343. The molecular formula is C26H30O8. The lowest BCUT2D eigenvalue weighted by molar-refractivity contribution is -0.158. The Balaban J connectivity index is 1.57. The highest BCUT2D eigenvalue weighted by Gasteiger charge is 2.48. The minimum absolute atomic E-state index is 0.136. The SMILES string of the molecule is COCCOCC(=O)OC1(COc2c(-c3cccc4c3CCC4=O)ccc(OC)c2OC)CC1. The zero-order valence-electron chi connectivity index (χ0n) is 19.8. The molecule has 0 aliphatic heterocycles. The number of ketones is 1. The van der Waals surface area contributed by atoms with Gasteiger partial charge in [-0.1, -0.05) is 18.2 Å². The normalized spacial score (nSPS) is 15.6. The molecule has 2 aromatic rings. The van der Waals surface area contributed by atoms with Crippen LogP contribution >= 0.6 is 0 Å². The summed E-state index contributed by atoms with van der Waals surface area (Å²) in [5.41, 5.74) is 2.79. The number of esters is 1. The summed E-state index contributed by atoms with van der Waals surface area (Å²) < 4.78 is 33.3. The van der Waals surface area contributed by atoms with E-state index in [1.54, 1.807) is 21.3 Å². The van der Waals surface area contributed by atoms with Gasteiger partial charge < -0.3 is 28.4 Å². The summed E-state index contributed by atoms with van der Waals surface area (Å²) in [6.45, 7) is 0.766. The molecule has 0 bridgehead atoms. The van der Waals surface area contributed by atoms with E-state index in [1.807, 2.05) is 30.3 Å². The van der Waals surface area contributed by atoms with Crippen molar-refractivity contribution in [1.82, 2.24) is 0 Å². The zero-order valence-corrected chi connectivity index (χ0v) is 19.8. The highest BCUT2D eigenvalue weighted by Crippen LogP contribution is 2.48. The Kier molecular flexibility index (Phi) is 7.38. The molecule has 1 fully saturated rings. The number of rotatable bonds is 12. The van der Waals surface area contributed by atoms with E-state index in [4.69, 9.17) is 28.4 Å². The highest BCUT2D eigenvalue weighted by molar-refractivity contribution is 6.02. The molecule has 2 aliphatic rings. The maximum absolute atomic E-state index is 12.3. The monoisotopic (exact) mass is 470 g/mol. The van der Waals surface area contributed by atoms with E-state index in [-0.39, 0.29) is 19.0 Å². The van der Waals surface area contributed by atoms with Gasteiger partial charge in [-0.3, -0.25) is 4.79 Å². The van der Waals surface area contributed by atoms with E-state index < -0.39 is 11.6 Å². The van der Waals surface area contributed by atoms with Crippen molar-refractivity contribution in [3.63, 3.8) is 0 Å². The highest BCUT2D eigenvalue weighted by atomic mass is 16.6. The lowest BCUT2D eigenvalue weighted by Crippen LogP contribution is -2.29. The summed E-state index contributed by atoms with van der Waals surface area (Å²) in [5.74, 6) is 1.18. The van der Waals surface area contributed by atoms with E-state index in [0.717, 1.165) is 22.3 Å². The summed E-state index contributed by atoms with van der Waals surface area (Å²) in [4.78, 5) is 24.5. The Bertz CT molecular complexity index is 1060. The summed E-state index contributed by atoms with van der Waals surface area (Å²) in [6, 6.07) is 9.45. The van der Waals surface area contributed by atoms with Crippen LogP contribution in [-0.2, 0) is 25.4 Å². The topological polar surface area (TPSA) is 89.5 Å². The molecule has 0 N–H and O–H groups in total. The first-order valence-electron chi connectivity index (χ1n) is 11.3. The minimum Gasteiger partial charge on any atom is -0.493 e. The lowest BCUT2D eigenvalue weighted by Gasteiger charge is -2.22. The van der Waals surface area contributed by atoms with Gasteiger partial charge in [0.25, 0.3) is 0 Å². The zero-order chi connectivity index (χ0) is 24.1. The number of ether oxygens (including phenoxy) is 6. The molecule has 0 unspecified atom stereocenters. The van der Waals surface area contributed by atoms with Gasteiger partial charge in [-0.15, -0.1) is 0 Å². The van der Waals surface area contributed by atoms with Gasteiger partial charge in [0.1, 0.15) is 18.8 Å². The molecule has 4 rings (SSSR count). The molecule has 0 radical (unpaired) electrons. The van der Waals surface area contributed by atoms with Gasteiger partial charge in [-0.25, -0.2) is 4.79 Å². The molecule has 0 saturated heterocycles. The standard InChI is InChI=1S/C26H30O8/c1-29-13-14-32-15-23(28)34-26(11-12-26)16-33-24-20(8-10-22(30-2)25(24)31-3)17-5-4-6-19-18(17)7-9-21(19)27/h4-6,8,10H,7,9,11-16H2,1-3H3. The van der Waals surface area contributed by atoms with Crippen LogP contribution < -0.4 is 14.2 Å². The maximum atomic E-state index is 12.3. The van der Waals surface area contributed by atoms with Gasteiger partial charge in [0, 0.05) is 24.7 Å². The van der Waals surface area contributed by atoms with E-state index in [9.17, 15) is 9.59 Å². The maximum Gasteiger partial charge on any atom is 0.332 e. The molecule has 2 aromatic carbocycles. The van der Waals surface area contributed by atoms with Gasteiger partial charge in [0.05, 0.1) is 27.4 Å². The molecule has 34 heavy (non-hydrogen) atoms. The first kappa shape index (κ1) is 24.0. The van der Waals surface area contributed by atoms with E-state index >= 15 is 0 Å². The van der Waals surface area contributed by atoms with Crippen LogP contribution in [0.3, 0.4) is 0 Å². The fourth-order valence-corrected chi connectivity index (χ4v) is 4.18. The number of hydrogen-bond acceptors (Lipinski definition) is 8. The number of carbonyl (C=O) groups is 2. The number of hydrogen-bond donors (Lipinski definition) is 0. The van der Waals surface area contributed by atoms with Crippen molar-refractivity contribution in [2.75, 3.05) is 47.8 Å². The molecule has 182 valence electrons. The van der Waals surface area contributed by atoms with Crippen molar-refractivity contribution in [3.8, 4) is 28.4 Å². The third-order valence-electron chi connectivity index (χ3n) is 6.14. The number of methoxy groups -OCH3 is 3. The third-order valence-corrected chi connectivity index (χ3v) is 6.14. The predicted molar refractivity (Wildman–Crippen MR) is 124 cm³/mol. The Morgan fingerprint density at radius 1 is 0.912 bits per heavy atom. The van der Waals surface area contributed by atoms with Crippen molar-refractivity contribution in [2.24, 2.45) is 0 Å². The number of Topliss-reactive ketones (excluding diaryl/α,β-unsaturated/α-hetero) is 1. The molecule has 1 saturated carbocycles. The lowest BCUT2D eigenvalue weighted by atomic mass is 9.95. The van der Waals surface area contributed by atoms with E-state index in [1.165, 1.54) is 0 Å². The van der Waals surface area contributed by atoms with Gasteiger partial charge >= 0.3 is 5.97 Å². The van der Waals surface area contributed by atoms with Crippen LogP contribution in [0.1, 0.15) is 35.2 Å². The van der Waals surface area contributed by atoms with Crippen molar-refractivity contribution in [3.05, 3.63) is 41.5 Å². The van der Waals surface area contributed by atoms with Crippen LogP contribution in [0.4, 0.5) is 0 Å². The van der Waals surface area contributed by atoms with Crippen LogP contribution in [0.25, 0.3) is 11.1 Å². The van der Waals surface area contributed by atoms with Crippen LogP contribution in [0, 0.1) is 0 Å². The van der Waals surface area contributed by atoms with Crippen molar-refractivity contribution in [2.45, 2.75) is 31.3 Å². The molecular weight excluding hydrogens is 440 g/mol. The van der Waals surface area contributed by atoms with Crippen LogP contribution in [0.5, 0.6) is 17.2 Å². The largest absolute Gasteiger partial charge is 0.493 e. The third kappa shape index (κ3) is 5.03. The summed E-state index contributed by atoms with van der Waals surface area (Å²) in [6.07, 6.45) is 2.59. The van der Waals surface area contributed by atoms with E-state index in [0.29, 0.717) is 56.1 Å². The average Bonchev–Trinajstić information content (AvgIpc) is 3.51. The second-order valence-corrected chi connectivity index (χ2v) is 8.42. The molecule has 8 nitrogen and oxygen atoms in total. The number of benzene rings is 2. The van der Waals surface area contributed by atoms with Gasteiger partial charge in [-0.2, -0.15) is 0 Å². The number of carbonyl (C=O) groups excluding carboxylic acids is 2. The molecule has 8 heteroatoms. The van der Waals surface area contributed by atoms with Crippen molar-refractivity contribution < 1.29 is 38.0 Å². The molecule has 0 amide bonds. The molecule has 0 spiro atoms. The van der Waals surface area contributed by atoms with Gasteiger partial charge in [-0.05, 0) is 42.5 Å². The van der Waals surface area contributed by atoms with Crippen LogP contribution in [0.2, 0.25) is 0 Å². The van der Waals surface area contributed by atoms with Crippen LogP contribution in [0.15, 0.2) is 30.3 Å². The first-order chi connectivity index (χ1) is 16.5. The Labute approximate surface area is 199 Å². The average molecular weight is 471 g/mol. The second kappa shape index (κ2) is 10.4.